The number of benzene rings is 3. The summed E-state index contributed by atoms with van der Waals surface area (Å²) >= 11 is 0. The summed E-state index contributed by atoms with van der Waals surface area (Å²) in [6.45, 7) is 1.89. The fourth-order valence-corrected chi connectivity index (χ4v) is 4.24. The van der Waals surface area contributed by atoms with Crippen LogP contribution in [0.2, 0.25) is 0 Å². The quantitative estimate of drug-likeness (QED) is 0.323. The predicted molar refractivity (Wildman–Crippen MR) is 129 cm³/mol. The van der Waals surface area contributed by atoms with Crippen LogP contribution in [0.15, 0.2) is 72.9 Å². The van der Waals surface area contributed by atoms with Crippen molar-refractivity contribution in [2.24, 2.45) is 0 Å². The largest absolute Gasteiger partial charge is 0.383 e. The van der Waals surface area contributed by atoms with E-state index in [0.717, 1.165) is 44.6 Å². The van der Waals surface area contributed by atoms with Gasteiger partial charge in [0, 0.05) is 10.9 Å². The molecule has 3 heterocycles. The number of halogens is 1. The number of aromatic nitrogens is 5. The third kappa shape index (κ3) is 3.24. The molecule has 0 fully saturated rings. The molecule has 0 atom stereocenters. The summed E-state index contributed by atoms with van der Waals surface area (Å²) in [7, 11) is 0. The van der Waals surface area contributed by atoms with Crippen LogP contribution in [-0.4, -0.2) is 30.5 Å². The first-order chi connectivity index (χ1) is 16.5. The highest BCUT2D eigenvalue weighted by molar-refractivity contribution is 6.12. The molecule has 0 aliphatic rings. The van der Waals surface area contributed by atoms with Crippen molar-refractivity contribution in [3.63, 3.8) is 0 Å². The minimum absolute atomic E-state index is 0.250. The molecule has 0 aliphatic carbocycles. The molecule has 0 amide bonds. The lowest BCUT2D eigenvalue weighted by Gasteiger charge is -2.05. The Bertz CT molecular complexity index is 1720. The Morgan fingerprint density at radius 2 is 1.82 bits per heavy atom. The van der Waals surface area contributed by atoms with Gasteiger partial charge in [-0.15, -0.1) is 0 Å². The second kappa shape index (κ2) is 7.41. The van der Waals surface area contributed by atoms with Crippen LogP contribution in [0.3, 0.4) is 0 Å². The molecule has 0 bridgehead atoms. The number of nitrogen functional groups attached to an aromatic ring is 1. The number of imidazole rings is 1. The first-order valence-corrected chi connectivity index (χ1v) is 10.7. The number of carbonyl (C=O) groups excluding carboxylic acids is 1. The Morgan fingerprint density at radius 1 is 0.971 bits per heavy atom. The molecule has 0 aliphatic heterocycles. The number of aromatic amines is 2. The number of anilines is 1. The number of nitrogens with one attached hydrogen (secondary N) is 2. The Morgan fingerprint density at radius 3 is 2.68 bits per heavy atom. The Hall–Kier alpha value is -4.72. The monoisotopic (exact) mass is 450 g/mol. The summed E-state index contributed by atoms with van der Waals surface area (Å²) in [6.07, 6.45) is 1.48. The van der Waals surface area contributed by atoms with E-state index in [1.54, 1.807) is 12.1 Å². The van der Waals surface area contributed by atoms with E-state index in [9.17, 15) is 9.18 Å². The van der Waals surface area contributed by atoms with E-state index < -0.39 is 0 Å². The van der Waals surface area contributed by atoms with Gasteiger partial charge in [0.05, 0.1) is 34.2 Å². The molecule has 8 heteroatoms. The van der Waals surface area contributed by atoms with Crippen molar-refractivity contribution >= 4 is 33.5 Å². The normalized spacial score (nSPS) is 11.5. The maximum absolute atomic E-state index is 13.6. The van der Waals surface area contributed by atoms with Gasteiger partial charge < -0.3 is 15.7 Å². The second-order valence-corrected chi connectivity index (χ2v) is 8.20. The lowest BCUT2D eigenvalue weighted by molar-refractivity contribution is 0.103. The van der Waals surface area contributed by atoms with E-state index in [1.807, 2.05) is 49.4 Å². The fourth-order valence-electron chi connectivity index (χ4n) is 4.24. The topological polar surface area (TPSA) is 105 Å². The Kier molecular flexibility index (Phi) is 4.35. The summed E-state index contributed by atoms with van der Waals surface area (Å²) in [6, 6.07) is 19.5. The molecule has 34 heavy (non-hydrogen) atoms. The van der Waals surface area contributed by atoms with E-state index in [2.05, 4.69) is 20.1 Å². The van der Waals surface area contributed by atoms with Crippen LogP contribution < -0.4 is 5.73 Å². The number of nitrogens with two attached hydrogens (primary N) is 1. The van der Waals surface area contributed by atoms with Gasteiger partial charge in [-0.05, 0) is 60.5 Å². The maximum Gasteiger partial charge on any atom is 0.214 e. The van der Waals surface area contributed by atoms with Crippen molar-refractivity contribution in [3.8, 4) is 16.8 Å². The first kappa shape index (κ1) is 19.9. The highest BCUT2D eigenvalue weighted by Crippen LogP contribution is 2.27. The average Bonchev–Trinajstić information content (AvgIpc) is 3.53. The SMILES string of the molecule is Cc1nc2ccc(-n3ncc(C(=O)c4cc5ccc(-c6cccc(F)c6)cc5[nH]4)c3N)cc2[nH]1. The van der Waals surface area contributed by atoms with Gasteiger partial charge in [-0.1, -0.05) is 24.3 Å². The number of ketones is 1. The van der Waals surface area contributed by atoms with Crippen molar-refractivity contribution in [1.29, 1.82) is 0 Å². The van der Waals surface area contributed by atoms with E-state index >= 15 is 0 Å². The maximum atomic E-state index is 13.6. The van der Waals surface area contributed by atoms with Crippen molar-refractivity contribution < 1.29 is 9.18 Å². The van der Waals surface area contributed by atoms with Gasteiger partial charge in [-0.2, -0.15) is 5.10 Å². The summed E-state index contributed by atoms with van der Waals surface area (Å²) in [5.41, 5.74) is 11.9. The smallest absolute Gasteiger partial charge is 0.214 e. The molecule has 0 radical (unpaired) electrons. The molecular weight excluding hydrogens is 431 g/mol. The average molecular weight is 450 g/mol. The van der Waals surface area contributed by atoms with Crippen molar-refractivity contribution in [2.45, 2.75) is 6.92 Å². The molecular formula is C26H19FN6O. The van der Waals surface area contributed by atoms with Gasteiger partial charge in [0.25, 0.3) is 0 Å². The third-order valence-electron chi connectivity index (χ3n) is 5.90. The molecule has 0 spiro atoms. The minimum Gasteiger partial charge on any atom is -0.383 e. The molecule has 6 aromatic rings. The van der Waals surface area contributed by atoms with Crippen molar-refractivity contribution in [1.82, 2.24) is 24.7 Å². The highest BCUT2D eigenvalue weighted by Gasteiger charge is 2.20. The molecule has 4 N–H and O–H groups in total. The predicted octanol–water partition coefficient (Wildman–Crippen LogP) is 5.16. The standard InChI is InChI=1S/C26H19FN6O/c1-14-30-21-8-7-19(12-23(21)31-14)33-26(28)20(13-29-33)25(34)24-11-17-6-5-16(10-22(17)32-24)15-3-2-4-18(27)9-15/h2-13,32H,28H2,1H3,(H,30,31). The molecule has 0 saturated carbocycles. The summed E-state index contributed by atoms with van der Waals surface area (Å²) in [4.78, 5) is 24.0. The van der Waals surface area contributed by atoms with Gasteiger partial charge in [-0.25, -0.2) is 14.1 Å². The zero-order valence-corrected chi connectivity index (χ0v) is 18.1. The minimum atomic E-state index is -0.297. The molecule has 7 nitrogen and oxygen atoms in total. The number of fused-ring (bicyclic) bond motifs is 2. The van der Waals surface area contributed by atoms with Crippen LogP contribution in [0.5, 0.6) is 0 Å². The van der Waals surface area contributed by atoms with E-state index in [4.69, 9.17) is 5.73 Å². The van der Waals surface area contributed by atoms with E-state index in [0.29, 0.717) is 11.3 Å². The number of nitrogens with zero attached hydrogens (tertiary/aromatic N) is 3. The number of carbonyl (C=O) groups is 1. The van der Waals surface area contributed by atoms with E-state index in [-0.39, 0.29) is 17.4 Å². The number of rotatable bonds is 4. The van der Waals surface area contributed by atoms with E-state index in [1.165, 1.54) is 23.0 Å². The number of H-pyrrole nitrogens is 2. The fraction of sp³-hybridized carbons (Fsp3) is 0.0385. The van der Waals surface area contributed by atoms with Crippen LogP contribution in [0.25, 0.3) is 38.8 Å². The van der Waals surface area contributed by atoms with Crippen LogP contribution in [0, 0.1) is 12.7 Å². The van der Waals surface area contributed by atoms with Gasteiger partial charge >= 0.3 is 0 Å². The van der Waals surface area contributed by atoms with Gasteiger partial charge in [0.1, 0.15) is 17.5 Å². The number of aryl methyl sites for hydroxylation is 1. The lowest BCUT2D eigenvalue weighted by Crippen LogP contribution is -2.07. The van der Waals surface area contributed by atoms with Crippen LogP contribution in [0.1, 0.15) is 21.9 Å². The molecule has 166 valence electrons. The first-order valence-electron chi connectivity index (χ1n) is 10.7. The molecule has 3 aromatic heterocycles. The summed E-state index contributed by atoms with van der Waals surface area (Å²) in [5, 5.41) is 5.22. The lowest BCUT2D eigenvalue weighted by atomic mass is 10.0. The molecule has 3 aromatic carbocycles. The Labute approximate surface area is 193 Å². The molecule has 0 unspecified atom stereocenters. The second-order valence-electron chi connectivity index (χ2n) is 8.20. The zero-order valence-electron chi connectivity index (χ0n) is 18.1. The summed E-state index contributed by atoms with van der Waals surface area (Å²) < 4.78 is 15.2. The van der Waals surface area contributed by atoms with Crippen molar-refractivity contribution in [3.05, 3.63) is 95.8 Å². The molecule has 0 saturated heterocycles. The van der Waals surface area contributed by atoms with Crippen molar-refractivity contribution in [2.75, 3.05) is 5.73 Å². The van der Waals surface area contributed by atoms with Gasteiger partial charge in [0.15, 0.2) is 0 Å². The highest BCUT2D eigenvalue weighted by atomic mass is 19.1. The zero-order chi connectivity index (χ0) is 23.4. The Balaban J connectivity index is 1.35. The number of hydrogen-bond donors (Lipinski definition) is 3. The molecule has 6 rings (SSSR count). The third-order valence-corrected chi connectivity index (χ3v) is 5.90. The van der Waals surface area contributed by atoms with Crippen LogP contribution in [0.4, 0.5) is 10.2 Å². The summed E-state index contributed by atoms with van der Waals surface area (Å²) in [5.74, 6) is 0.510. The van der Waals surface area contributed by atoms with Gasteiger partial charge in [0.2, 0.25) is 5.78 Å². The van der Waals surface area contributed by atoms with Gasteiger partial charge in [-0.3, -0.25) is 4.79 Å². The van der Waals surface area contributed by atoms with Crippen LogP contribution in [-0.2, 0) is 0 Å². The van der Waals surface area contributed by atoms with Crippen LogP contribution >= 0.6 is 0 Å². The number of hydrogen-bond acceptors (Lipinski definition) is 4.